The van der Waals surface area contributed by atoms with Crippen molar-refractivity contribution < 1.29 is 14.0 Å². The molecule has 0 aromatic heterocycles. The molecule has 20 heavy (non-hydrogen) atoms. The maximum atomic E-state index is 13.4. The van der Waals surface area contributed by atoms with Crippen molar-refractivity contribution in [2.75, 3.05) is 5.32 Å². The number of benzene rings is 2. The fourth-order valence-electron chi connectivity index (χ4n) is 1.52. The second-order valence-corrected chi connectivity index (χ2v) is 4.45. The van der Waals surface area contributed by atoms with Gasteiger partial charge in [0.25, 0.3) is 5.91 Å². The number of halogens is 1. The van der Waals surface area contributed by atoms with Crippen LogP contribution in [0.1, 0.15) is 10.4 Å². The second kappa shape index (κ2) is 6.21. The number of imide groups is 1. The van der Waals surface area contributed by atoms with Crippen molar-refractivity contribution in [3.8, 4) is 0 Å². The molecule has 0 saturated heterocycles. The fraction of sp³-hybridized carbons (Fsp3) is 0. The molecule has 0 aliphatic rings. The van der Waals surface area contributed by atoms with E-state index in [1.807, 2.05) is 0 Å². The first-order valence-corrected chi connectivity index (χ1v) is 6.17. The van der Waals surface area contributed by atoms with Gasteiger partial charge in [0.2, 0.25) is 0 Å². The quantitative estimate of drug-likeness (QED) is 0.744. The van der Waals surface area contributed by atoms with Gasteiger partial charge in [-0.2, -0.15) is 0 Å². The molecule has 4 nitrogen and oxygen atoms in total. The van der Waals surface area contributed by atoms with Crippen molar-refractivity contribution in [3.05, 3.63) is 59.9 Å². The summed E-state index contributed by atoms with van der Waals surface area (Å²) in [6, 6.07) is 11.4. The Hall–Kier alpha value is -2.34. The lowest BCUT2D eigenvalue weighted by molar-refractivity contribution is 0.0963. The molecule has 0 aliphatic carbocycles. The first-order valence-electron chi connectivity index (χ1n) is 5.72. The van der Waals surface area contributed by atoms with Crippen LogP contribution in [0.5, 0.6) is 0 Å². The van der Waals surface area contributed by atoms with Gasteiger partial charge < -0.3 is 5.32 Å². The maximum absolute atomic E-state index is 13.4. The molecule has 0 fully saturated rings. The zero-order chi connectivity index (χ0) is 14.5. The first-order chi connectivity index (χ1) is 9.56. The summed E-state index contributed by atoms with van der Waals surface area (Å²) in [7, 11) is 0. The highest BCUT2D eigenvalue weighted by Crippen LogP contribution is 2.12. The number of thiol groups is 1. The molecule has 3 amide bonds. The minimum atomic E-state index is -0.800. The summed E-state index contributed by atoms with van der Waals surface area (Å²) in [5, 5.41) is 4.51. The Morgan fingerprint density at radius 1 is 1.00 bits per heavy atom. The lowest BCUT2D eigenvalue weighted by Crippen LogP contribution is -2.34. The Bertz CT molecular complexity index is 644. The molecular formula is C14H11FN2O2S. The minimum absolute atomic E-state index is 0.187. The van der Waals surface area contributed by atoms with E-state index in [0.29, 0.717) is 5.69 Å². The van der Waals surface area contributed by atoms with Crippen molar-refractivity contribution in [1.29, 1.82) is 0 Å². The smallest absolute Gasteiger partial charge is 0.308 e. The van der Waals surface area contributed by atoms with E-state index in [2.05, 4.69) is 23.3 Å². The zero-order valence-electron chi connectivity index (χ0n) is 10.3. The van der Waals surface area contributed by atoms with Crippen LogP contribution < -0.4 is 10.6 Å². The lowest BCUT2D eigenvalue weighted by Gasteiger charge is -2.07. The van der Waals surface area contributed by atoms with E-state index in [9.17, 15) is 14.0 Å². The molecule has 0 saturated carbocycles. The number of amides is 3. The molecule has 0 aliphatic heterocycles. The Labute approximate surface area is 120 Å². The molecule has 0 unspecified atom stereocenters. The monoisotopic (exact) mass is 290 g/mol. The number of nitrogens with one attached hydrogen (secondary N) is 2. The Morgan fingerprint density at radius 3 is 2.30 bits per heavy atom. The van der Waals surface area contributed by atoms with E-state index in [1.165, 1.54) is 18.2 Å². The van der Waals surface area contributed by atoms with Crippen molar-refractivity contribution in [3.63, 3.8) is 0 Å². The molecule has 0 atom stereocenters. The van der Waals surface area contributed by atoms with Crippen LogP contribution in [0.25, 0.3) is 0 Å². The molecule has 2 aromatic rings. The van der Waals surface area contributed by atoms with Crippen LogP contribution in [0.4, 0.5) is 14.9 Å². The third kappa shape index (κ3) is 3.58. The summed E-state index contributed by atoms with van der Waals surface area (Å²) in [5.74, 6) is -1.48. The van der Waals surface area contributed by atoms with E-state index in [-0.39, 0.29) is 5.56 Å². The van der Waals surface area contributed by atoms with Gasteiger partial charge in [-0.05, 0) is 36.4 Å². The minimum Gasteiger partial charge on any atom is -0.308 e. The summed E-state index contributed by atoms with van der Waals surface area (Å²) in [6.45, 7) is 0. The molecule has 2 rings (SSSR count). The number of anilines is 1. The van der Waals surface area contributed by atoms with E-state index >= 15 is 0 Å². The Morgan fingerprint density at radius 2 is 1.65 bits per heavy atom. The standard InChI is InChI=1S/C14H11FN2O2S/c15-12-4-2-1-3-11(12)13(18)17-14(19)16-9-5-7-10(20)8-6-9/h1-8,20H,(H2,16,17,18,19). The van der Waals surface area contributed by atoms with Gasteiger partial charge in [-0.25, -0.2) is 9.18 Å². The molecule has 0 radical (unpaired) electrons. The van der Waals surface area contributed by atoms with E-state index in [1.54, 1.807) is 24.3 Å². The van der Waals surface area contributed by atoms with Crippen LogP contribution in [-0.2, 0) is 0 Å². The summed E-state index contributed by atoms with van der Waals surface area (Å²) in [5.41, 5.74) is 0.315. The van der Waals surface area contributed by atoms with Crippen molar-refractivity contribution in [1.82, 2.24) is 5.32 Å². The predicted molar refractivity (Wildman–Crippen MR) is 76.6 cm³/mol. The normalized spacial score (nSPS) is 9.90. The number of carbonyl (C=O) groups excluding carboxylic acids is 2. The van der Waals surface area contributed by atoms with Crippen molar-refractivity contribution in [2.45, 2.75) is 4.90 Å². The van der Waals surface area contributed by atoms with Crippen LogP contribution in [-0.4, -0.2) is 11.9 Å². The second-order valence-electron chi connectivity index (χ2n) is 3.93. The predicted octanol–water partition coefficient (Wildman–Crippen LogP) is 3.08. The topological polar surface area (TPSA) is 58.2 Å². The fourth-order valence-corrected chi connectivity index (χ4v) is 1.67. The van der Waals surface area contributed by atoms with Crippen LogP contribution in [0, 0.1) is 5.82 Å². The maximum Gasteiger partial charge on any atom is 0.326 e. The number of carbonyl (C=O) groups is 2. The SMILES string of the molecule is O=C(NC(=O)c1ccccc1F)Nc1ccc(S)cc1. The van der Waals surface area contributed by atoms with Gasteiger partial charge in [0.1, 0.15) is 5.82 Å². The van der Waals surface area contributed by atoms with E-state index in [0.717, 1.165) is 11.0 Å². The van der Waals surface area contributed by atoms with Crippen LogP contribution in [0.2, 0.25) is 0 Å². The number of rotatable bonds is 2. The van der Waals surface area contributed by atoms with E-state index in [4.69, 9.17) is 0 Å². The lowest BCUT2D eigenvalue weighted by atomic mass is 10.2. The molecule has 102 valence electrons. The average molecular weight is 290 g/mol. The van der Waals surface area contributed by atoms with Gasteiger partial charge in [0.05, 0.1) is 5.56 Å². The third-order valence-corrected chi connectivity index (χ3v) is 2.77. The number of hydrogen-bond donors (Lipinski definition) is 3. The highest BCUT2D eigenvalue weighted by Gasteiger charge is 2.13. The highest BCUT2D eigenvalue weighted by molar-refractivity contribution is 7.80. The van der Waals surface area contributed by atoms with Gasteiger partial charge in [-0.1, -0.05) is 12.1 Å². The van der Waals surface area contributed by atoms with Gasteiger partial charge in [0.15, 0.2) is 0 Å². The third-order valence-electron chi connectivity index (χ3n) is 2.47. The Balaban J connectivity index is 2.00. The van der Waals surface area contributed by atoms with Gasteiger partial charge in [-0.3, -0.25) is 10.1 Å². The van der Waals surface area contributed by atoms with E-state index < -0.39 is 17.8 Å². The summed E-state index contributed by atoms with van der Waals surface area (Å²) >= 11 is 4.11. The molecule has 0 bridgehead atoms. The van der Waals surface area contributed by atoms with Gasteiger partial charge in [0, 0.05) is 10.6 Å². The Kier molecular flexibility index (Phi) is 4.37. The molecule has 2 N–H and O–H groups in total. The first kappa shape index (κ1) is 14.1. The highest BCUT2D eigenvalue weighted by atomic mass is 32.1. The molecular weight excluding hydrogens is 279 g/mol. The summed E-state index contributed by atoms with van der Waals surface area (Å²) in [4.78, 5) is 24.1. The largest absolute Gasteiger partial charge is 0.326 e. The van der Waals surface area contributed by atoms with Crippen LogP contribution in [0.3, 0.4) is 0 Å². The molecule has 6 heteroatoms. The molecule has 0 spiro atoms. The summed E-state index contributed by atoms with van der Waals surface area (Å²) in [6.07, 6.45) is 0. The van der Waals surface area contributed by atoms with Crippen molar-refractivity contribution in [2.24, 2.45) is 0 Å². The average Bonchev–Trinajstić information content (AvgIpc) is 2.41. The van der Waals surface area contributed by atoms with Gasteiger partial charge in [-0.15, -0.1) is 12.6 Å². The zero-order valence-corrected chi connectivity index (χ0v) is 11.2. The van der Waals surface area contributed by atoms with Crippen LogP contribution >= 0.6 is 12.6 Å². The molecule has 2 aromatic carbocycles. The number of hydrogen-bond acceptors (Lipinski definition) is 3. The van der Waals surface area contributed by atoms with Crippen LogP contribution in [0.15, 0.2) is 53.4 Å². The van der Waals surface area contributed by atoms with Gasteiger partial charge >= 0.3 is 6.03 Å². The van der Waals surface area contributed by atoms with Crippen molar-refractivity contribution >= 4 is 30.3 Å². The number of urea groups is 1. The summed E-state index contributed by atoms with van der Waals surface area (Å²) < 4.78 is 13.4. The molecule has 0 heterocycles.